The van der Waals surface area contributed by atoms with Crippen LogP contribution in [0.2, 0.25) is 0 Å². The van der Waals surface area contributed by atoms with Crippen LogP contribution in [0, 0.1) is 0 Å². The Morgan fingerprint density at radius 1 is 0.643 bits per heavy atom. The van der Waals surface area contributed by atoms with E-state index in [0.717, 1.165) is 5.56 Å². The van der Waals surface area contributed by atoms with Gasteiger partial charge in [-0.05, 0) is 23.3 Å². The zero-order valence-corrected chi connectivity index (χ0v) is 23.4. The van der Waals surface area contributed by atoms with Gasteiger partial charge in [0.2, 0.25) is 5.72 Å². The number of para-hydroxylation sites is 1. The fourth-order valence-electron chi connectivity index (χ4n) is 6.09. The number of sulfone groups is 1. The number of hydrogen-bond acceptors (Lipinski definition) is 4. The lowest BCUT2D eigenvalue weighted by Crippen LogP contribution is -2.55. The molecular formula is C36H27NO4S. The number of hydrogen-bond donors (Lipinski definition) is 0. The summed E-state index contributed by atoms with van der Waals surface area (Å²) >= 11 is 0. The molecule has 2 aliphatic rings. The number of benzene rings is 5. The first-order valence-electron chi connectivity index (χ1n) is 13.8. The molecule has 0 saturated carbocycles. The number of fused-ring (bicyclic) bond motifs is 3. The summed E-state index contributed by atoms with van der Waals surface area (Å²) in [5, 5.41) is -0.979. The molecule has 0 aromatic heterocycles. The molecule has 1 amide bonds. The van der Waals surface area contributed by atoms with Crippen molar-refractivity contribution in [1.29, 1.82) is 0 Å². The molecule has 6 heteroatoms. The van der Waals surface area contributed by atoms with Crippen LogP contribution in [-0.4, -0.2) is 14.3 Å². The van der Waals surface area contributed by atoms with Crippen molar-refractivity contribution in [2.24, 2.45) is 0 Å². The highest BCUT2D eigenvalue weighted by molar-refractivity contribution is 7.91. The Bertz CT molecular complexity index is 1910. The number of nitrogens with zero attached hydrogens (tertiary/aromatic N) is 1. The molecule has 0 aliphatic carbocycles. The molecular weight excluding hydrogens is 542 g/mol. The minimum atomic E-state index is -3.96. The Morgan fingerprint density at radius 3 is 1.81 bits per heavy atom. The fraction of sp³-hybridized carbons (Fsp3) is 0.0833. The zero-order valence-electron chi connectivity index (χ0n) is 22.6. The zero-order chi connectivity index (χ0) is 28.7. The topological polar surface area (TPSA) is 63.7 Å². The predicted octanol–water partition coefficient (Wildman–Crippen LogP) is 7.39. The van der Waals surface area contributed by atoms with Gasteiger partial charge < -0.3 is 4.74 Å². The number of carbonyl (C=O) groups excluding carboxylic acids is 1. The molecule has 2 aliphatic heterocycles. The van der Waals surface area contributed by atoms with Gasteiger partial charge in [0.05, 0.1) is 21.4 Å². The molecule has 0 bridgehead atoms. The lowest BCUT2D eigenvalue weighted by molar-refractivity contribution is -0.120. The number of amides is 1. The molecule has 0 N–H and O–H groups in total. The highest BCUT2D eigenvalue weighted by Crippen LogP contribution is 2.55. The Balaban J connectivity index is 1.60. The van der Waals surface area contributed by atoms with Crippen molar-refractivity contribution in [3.63, 3.8) is 0 Å². The minimum absolute atomic E-state index is 0.0117. The first-order chi connectivity index (χ1) is 20.5. The van der Waals surface area contributed by atoms with E-state index < -0.39 is 20.8 Å². The van der Waals surface area contributed by atoms with Crippen LogP contribution >= 0.6 is 0 Å². The molecule has 2 atom stereocenters. The molecule has 2 heterocycles. The van der Waals surface area contributed by atoms with E-state index >= 15 is 4.79 Å². The molecule has 42 heavy (non-hydrogen) atoms. The Labute approximate surface area is 245 Å². The van der Waals surface area contributed by atoms with Crippen molar-refractivity contribution in [2.45, 2.75) is 22.3 Å². The molecule has 0 radical (unpaired) electrons. The van der Waals surface area contributed by atoms with E-state index in [1.807, 2.05) is 121 Å². The summed E-state index contributed by atoms with van der Waals surface area (Å²) in [6.07, 6.45) is -0.0117. The highest BCUT2D eigenvalue weighted by Gasteiger charge is 2.57. The average Bonchev–Trinajstić information content (AvgIpc) is 3.13. The number of carbonyl (C=O) groups is 1. The van der Waals surface area contributed by atoms with Crippen LogP contribution < -0.4 is 4.90 Å². The maximum Gasteiger partial charge on any atom is 0.266 e. The summed E-state index contributed by atoms with van der Waals surface area (Å²) in [5.41, 5.74) is 1.95. The van der Waals surface area contributed by atoms with E-state index in [9.17, 15) is 8.42 Å². The maximum absolute atomic E-state index is 15.1. The van der Waals surface area contributed by atoms with Crippen LogP contribution in [0.1, 0.15) is 33.9 Å². The second kappa shape index (κ2) is 10.2. The summed E-state index contributed by atoms with van der Waals surface area (Å²) in [7, 11) is -3.96. The molecule has 0 saturated heterocycles. The van der Waals surface area contributed by atoms with Crippen LogP contribution in [0.5, 0.6) is 0 Å². The molecule has 5 nitrogen and oxygen atoms in total. The van der Waals surface area contributed by atoms with E-state index in [0.29, 0.717) is 33.7 Å². The van der Waals surface area contributed by atoms with Crippen LogP contribution in [0.25, 0.3) is 11.3 Å². The molecule has 0 fully saturated rings. The first-order valence-corrected chi connectivity index (χ1v) is 15.4. The molecule has 0 unspecified atom stereocenters. The predicted molar refractivity (Wildman–Crippen MR) is 164 cm³/mol. The van der Waals surface area contributed by atoms with E-state index in [-0.39, 0.29) is 17.2 Å². The first kappa shape index (κ1) is 26.0. The normalized spacial score (nSPS) is 21.1. The maximum atomic E-state index is 15.1. The third kappa shape index (κ3) is 4.06. The quantitative estimate of drug-likeness (QED) is 0.226. The van der Waals surface area contributed by atoms with Crippen LogP contribution in [0.15, 0.2) is 150 Å². The van der Waals surface area contributed by atoms with Gasteiger partial charge in [0.1, 0.15) is 5.76 Å². The lowest BCUT2D eigenvalue weighted by atomic mass is 9.87. The van der Waals surface area contributed by atoms with Gasteiger partial charge in [-0.25, -0.2) is 8.42 Å². The van der Waals surface area contributed by atoms with E-state index in [1.54, 1.807) is 29.2 Å². The van der Waals surface area contributed by atoms with Crippen molar-refractivity contribution in [1.82, 2.24) is 0 Å². The van der Waals surface area contributed by atoms with Crippen LogP contribution in [0.3, 0.4) is 0 Å². The summed E-state index contributed by atoms with van der Waals surface area (Å²) in [5.74, 6) is 0.0852. The van der Waals surface area contributed by atoms with E-state index in [1.165, 1.54) is 0 Å². The van der Waals surface area contributed by atoms with Gasteiger partial charge in [-0.15, -0.1) is 0 Å². The van der Waals surface area contributed by atoms with Gasteiger partial charge in [-0.2, -0.15) is 0 Å². The second-order valence-electron chi connectivity index (χ2n) is 10.4. The Kier molecular flexibility index (Phi) is 6.29. The highest BCUT2D eigenvalue weighted by atomic mass is 32.2. The molecule has 206 valence electrons. The Hall–Kier alpha value is -4.94. The molecule has 7 rings (SSSR count). The summed E-state index contributed by atoms with van der Waals surface area (Å²) in [4.78, 5) is 16.8. The van der Waals surface area contributed by atoms with Crippen LogP contribution in [0.4, 0.5) is 5.69 Å². The van der Waals surface area contributed by atoms with Gasteiger partial charge in [0.15, 0.2) is 9.84 Å². The SMILES string of the molecule is O=C1C(c2ccccc2)=C(c2ccccc2)O[C@]2(c3ccccc3)C[C@@H](c3ccccc3)S(=O)(=O)c3ccccc3N12. The van der Waals surface area contributed by atoms with Gasteiger partial charge in [0.25, 0.3) is 5.91 Å². The standard InChI is InChI=1S/C36H27NO4S/c38-35-33(27-17-7-2-8-18-27)34(28-19-9-3-10-20-28)41-36(29-21-11-4-12-22-29)25-32(26-15-5-1-6-16-26)42(39,40)31-24-14-13-23-30(31)37(35)36/h1-24,32H,25H2/t32-,36-/m0/s1. The number of anilines is 1. The summed E-state index contributed by atoms with van der Waals surface area (Å²) in [6, 6.07) is 44.4. The Morgan fingerprint density at radius 2 is 1.17 bits per heavy atom. The van der Waals surface area contributed by atoms with Crippen molar-refractivity contribution in [3.05, 3.63) is 168 Å². The molecule has 5 aromatic rings. The second-order valence-corrected chi connectivity index (χ2v) is 12.5. The van der Waals surface area contributed by atoms with Crippen molar-refractivity contribution in [2.75, 3.05) is 4.90 Å². The summed E-state index contributed by atoms with van der Waals surface area (Å²) in [6.45, 7) is 0. The van der Waals surface area contributed by atoms with Crippen molar-refractivity contribution < 1.29 is 17.9 Å². The van der Waals surface area contributed by atoms with Crippen LogP contribution in [-0.2, 0) is 25.1 Å². The van der Waals surface area contributed by atoms with Gasteiger partial charge in [-0.1, -0.05) is 133 Å². The number of ether oxygens (including phenoxy) is 1. The van der Waals surface area contributed by atoms with Gasteiger partial charge in [0, 0.05) is 17.5 Å². The molecule has 0 spiro atoms. The van der Waals surface area contributed by atoms with E-state index in [4.69, 9.17) is 4.74 Å². The molecule has 5 aromatic carbocycles. The van der Waals surface area contributed by atoms with Crippen molar-refractivity contribution in [3.8, 4) is 0 Å². The summed E-state index contributed by atoms with van der Waals surface area (Å²) < 4.78 is 36.3. The third-order valence-electron chi connectivity index (χ3n) is 8.02. The largest absolute Gasteiger partial charge is 0.462 e. The van der Waals surface area contributed by atoms with Crippen molar-refractivity contribution >= 4 is 32.8 Å². The monoisotopic (exact) mass is 569 g/mol. The number of rotatable bonds is 4. The lowest BCUT2D eigenvalue weighted by Gasteiger charge is -2.48. The van der Waals surface area contributed by atoms with Gasteiger partial charge >= 0.3 is 0 Å². The smallest absolute Gasteiger partial charge is 0.266 e. The average molecular weight is 570 g/mol. The van der Waals surface area contributed by atoms with E-state index in [2.05, 4.69) is 0 Å². The van der Waals surface area contributed by atoms with Gasteiger partial charge in [-0.3, -0.25) is 9.69 Å². The third-order valence-corrected chi connectivity index (χ3v) is 10.2. The minimum Gasteiger partial charge on any atom is -0.462 e. The fourth-order valence-corrected chi connectivity index (χ4v) is 8.08.